The van der Waals surface area contributed by atoms with E-state index in [1.807, 2.05) is 36.4 Å². The number of benzene rings is 2. The summed E-state index contributed by atoms with van der Waals surface area (Å²) in [5, 5.41) is 0. The lowest BCUT2D eigenvalue weighted by Crippen LogP contribution is -2.28. The van der Waals surface area contributed by atoms with E-state index < -0.39 is 17.9 Å². The van der Waals surface area contributed by atoms with Crippen LogP contribution in [0.15, 0.2) is 72.1 Å². The van der Waals surface area contributed by atoms with Crippen molar-refractivity contribution in [3.63, 3.8) is 0 Å². The molecule has 0 saturated heterocycles. The number of ether oxygens (including phenoxy) is 4. The summed E-state index contributed by atoms with van der Waals surface area (Å²) in [6.45, 7) is 4.27. The number of methoxy groups -OCH3 is 1. The van der Waals surface area contributed by atoms with Crippen molar-refractivity contribution in [2.75, 3.05) is 27.4 Å². The lowest BCUT2D eigenvalue weighted by Gasteiger charge is -2.29. The van der Waals surface area contributed by atoms with E-state index in [4.69, 9.17) is 18.9 Å². The minimum absolute atomic E-state index is 0.221. The van der Waals surface area contributed by atoms with Crippen molar-refractivity contribution in [2.24, 2.45) is 0 Å². The van der Waals surface area contributed by atoms with Gasteiger partial charge in [-0.05, 0) is 37.1 Å². The van der Waals surface area contributed by atoms with Crippen LogP contribution in [0.25, 0.3) is 0 Å². The Kier molecular flexibility index (Phi) is 8.13. The molecule has 0 amide bonds. The molecule has 1 aliphatic heterocycles. The molecule has 0 unspecified atom stereocenters. The summed E-state index contributed by atoms with van der Waals surface area (Å²) in [5.41, 5.74) is 2.36. The highest BCUT2D eigenvalue weighted by atomic mass is 16.5. The molecule has 7 heteroatoms. The van der Waals surface area contributed by atoms with Crippen LogP contribution in [0.2, 0.25) is 0 Å². The van der Waals surface area contributed by atoms with Gasteiger partial charge in [0, 0.05) is 19.4 Å². The summed E-state index contributed by atoms with van der Waals surface area (Å²) >= 11 is 0. The van der Waals surface area contributed by atoms with E-state index >= 15 is 0 Å². The van der Waals surface area contributed by atoms with Crippen LogP contribution in [0.5, 0.6) is 11.5 Å². The maximum absolute atomic E-state index is 12.8. The molecule has 0 aromatic heterocycles. The molecule has 0 radical (unpaired) electrons. The first-order valence-electron chi connectivity index (χ1n) is 10.8. The Morgan fingerprint density at radius 2 is 1.48 bits per heavy atom. The molecule has 0 atom stereocenters. The van der Waals surface area contributed by atoms with Gasteiger partial charge in [-0.25, -0.2) is 9.59 Å². The van der Waals surface area contributed by atoms with Crippen LogP contribution >= 0.6 is 0 Å². The molecular formula is C26H29NO6. The first-order chi connectivity index (χ1) is 16.0. The van der Waals surface area contributed by atoms with Crippen LogP contribution in [-0.2, 0) is 25.7 Å². The van der Waals surface area contributed by atoms with Crippen LogP contribution in [0.1, 0.15) is 30.9 Å². The molecule has 3 rings (SSSR count). The lowest BCUT2D eigenvalue weighted by molar-refractivity contribution is -0.139. The normalized spacial score (nSPS) is 13.6. The third kappa shape index (κ3) is 5.74. The molecular weight excluding hydrogens is 422 g/mol. The zero-order chi connectivity index (χ0) is 23.8. The molecule has 33 heavy (non-hydrogen) atoms. The highest BCUT2D eigenvalue weighted by Crippen LogP contribution is 2.40. The van der Waals surface area contributed by atoms with Gasteiger partial charge in [-0.1, -0.05) is 36.4 Å². The summed E-state index contributed by atoms with van der Waals surface area (Å²) < 4.78 is 22.1. The van der Waals surface area contributed by atoms with Crippen molar-refractivity contribution in [3.8, 4) is 11.5 Å². The van der Waals surface area contributed by atoms with E-state index in [0.29, 0.717) is 34.8 Å². The Bertz CT molecular complexity index is 1010. The Labute approximate surface area is 194 Å². The Hall–Kier alpha value is -3.74. The van der Waals surface area contributed by atoms with Crippen LogP contribution < -0.4 is 9.47 Å². The summed E-state index contributed by atoms with van der Waals surface area (Å²) in [6.07, 6.45) is 3.33. The molecule has 0 N–H and O–H groups in total. The fourth-order valence-corrected chi connectivity index (χ4v) is 3.64. The standard InChI is InChI=1S/C26H29NO6/c1-5-31-25(28)20-15-27(3)16-21(26(29)32-6-2)24(20)19-12-13-22(30-4)23(14-19)33-17-18-10-8-7-9-11-18/h7-16,24H,5-6,17H2,1-4H3. The zero-order valence-electron chi connectivity index (χ0n) is 19.4. The van der Waals surface area contributed by atoms with Crippen molar-refractivity contribution in [2.45, 2.75) is 26.4 Å². The molecule has 174 valence electrons. The first-order valence-corrected chi connectivity index (χ1v) is 10.8. The highest BCUT2D eigenvalue weighted by molar-refractivity contribution is 5.98. The van der Waals surface area contributed by atoms with Gasteiger partial charge in [0.15, 0.2) is 11.5 Å². The van der Waals surface area contributed by atoms with E-state index in [9.17, 15) is 9.59 Å². The summed E-state index contributed by atoms with van der Waals surface area (Å²) in [7, 11) is 3.31. The summed E-state index contributed by atoms with van der Waals surface area (Å²) in [4.78, 5) is 27.3. The number of esters is 2. The molecule has 2 aromatic rings. The predicted molar refractivity (Wildman–Crippen MR) is 124 cm³/mol. The van der Waals surface area contributed by atoms with E-state index in [-0.39, 0.29) is 13.2 Å². The SMILES string of the molecule is CCOC(=O)C1=CN(C)C=C(C(=O)OCC)C1c1ccc(OC)c(OCc2ccccc2)c1. The minimum Gasteiger partial charge on any atom is -0.493 e. The number of nitrogens with zero attached hydrogens (tertiary/aromatic N) is 1. The largest absolute Gasteiger partial charge is 0.493 e. The number of rotatable bonds is 9. The van der Waals surface area contributed by atoms with Gasteiger partial charge < -0.3 is 23.8 Å². The second-order valence-corrected chi connectivity index (χ2v) is 7.39. The topological polar surface area (TPSA) is 74.3 Å². The molecule has 0 fully saturated rings. The Morgan fingerprint density at radius 3 is 2.03 bits per heavy atom. The molecule has 0 aliphatic carbocycles. The zero-order valence-corrected chi connectivity index (χ0v) is 19.4. The molecule has 0 saturated carbocycles. The number of carbonyl (C=O) groups is 2. The minimum atomic E-state index is -0.677. The maximum Gasteiger partial charge on any atom is 0.336 e. The van der Waals surface area contributed by atoms with Crippen molar-refractivity contribution in [1.82, 2.24) is 4.90 Å². The van der Waals surface area contributed by atoms with Crippen molar-refractivity contribution < 1.29 is 28.5 Å². The average Bonchev–Trinajstić information content (AvgIpc) is 2.83. The fraction of sp³-hybridized carbons (Fsp3) is 0.308. The van der Waals surface area contributed by atoms with Crippen molar-refractivity contribution in [1.29, 1.82) is 0 Å². The second-order valence-electron chi connectivity index (χ2n) is 7.39. The van der Waals surface area contributed by atoms with Gasteiger partial charge in [-0.15, -0.1) is 0 Å². The van der Waals surface area contributed by atoms with Crippen LogP contribution in [-0.4, -0.2) is 44.2 Å². The van der Waals surface area contributed by atoms with Crippen LogP contribution in [0.3, 0.4) is 0 Å². The van der Waals surface area contributed by atoms with Gasteiger partial charge in [0.25, 0.3) is 0 Å². The van der Waals surface area contributed by atoms with Gasteiger partial charge in [0.1, 0.15) is 6.61 Å². The summed E-state index contributed by atoms with van der Waals surface area (Å²) in [6, 6.07) is 15.1. The first kappa shape index (κ1) is 23.9. The summed E-state index contributed by atoms with van der Waals surface area (Å²) in [5.74, 6) is -0.613. The van der Waals surface area contributed by atoms with Crippen molar-refractivity contribution in [3.05, 3.63) is 83.2 Å². The molecule has 0 spiro atoms. The van der Waals surface area contributed by atoms with Gasteiger partial charge in [-0.2, -0.15) is 0 Å². The van der Waals surface area contributed by atoms with Gasteiger partial charge in [-0.3, -0.25) is 0 Å². The van der Waals surface area contributed by atoms with E-state index in [1.165, 1.54) is 0 Å². The molecule has 1 heterocycles. The molecule has 1 aliphatic rings. The smallest absolute Gasteiger partial charge is 0.336 e. The fourth-order valence-electron chi connectivity index (χ4n) is 3.64. The third-order valence-electron chi connectivity index (χ3n) is 5.09. The van der Waals surface area contributed by atoms with Crippen LogP contribution in [0.4, 0.5) is 0 Å². The number of hydrogen-bond donors (Lipinski definition) is 0. The molecule has 7 nitrogen and oxygen atoms in total. The third-order valence-corrected chi connectivity index (χ3v) is 5.09. The molecule has 0 bridgehead atoms. The highest BCUT2D eigenvalue weighted by Gasteiger charge is 2.35. The van der Waals surface area contributed by atoms with Gasteiger partial charge >= 0.3 is 11.9 Å². The lowest BCUT2D eigenvalue weighted by atomic mass is 9.83. The van der Waals surface area contributed by atoms with E-state index in [1.54, 1.807) is 57.4 Å². The Balaban J connectivity index is 2.02. The monoisotopic (exact) mass is 451 g/mol. The number of carbonyl (C=O) groups excluding carboxylic acids is 2. The molecule has 2 aromatic carbocycles. The van der Waals surface area contributed by atoms with E-state index in [2.05, 4.69) is 0 Å². The van der Waals surface area contributed by atoms with Gasteiger partial charge in [0.05, 0.1) is 37.4 Å². The van der Waals surface area contributed by atoms with Crippen molar-refractivity contribution >= 4 is 11.9 Å². The average molecular weight is 452 g/mol. The maximum atomic E-state index is 12.8. The van der Waals surface area contributed by atoms with Gasteiger partial charge in [0.2, 0.25) is 0 Å². The van der Waals surface area contributed by atoms with Crippen LogP contribution in [0, 0.1) is 0 Å². The van der Waals surface area contributed by atoms with E-state index in [0.717, 1.165) is 5.56 Å². The second kappa shape index (κ2) is 11.2. The number of hydrogen-bond acceptors (Lipinski definition) is 7. The predicted octanol–water partition coefficient (Wildman–Crippen LogP) is 4.20. The quantitative estimate of drug-likeness (QED) is 0.529. The Morgan fingerprint density at radius 1 is 0.879 bits per heavy atom.